The second-order valence-corrected chi connectivity index (χ2v) is 5.95. The molecular formula is C18H20N4O4. The maximum Gasteiger partial charge on any atom is 0.243 e. The molecule has 1 aliphatic heterocycles. The Balaban J connectivity index is 1.92. The number of hydrogen-bond donors (Lipinski definition) is 4. The normalized spacial score (nSPS) is 20.3. The van der Waals surface area contributed by atoms with E-state index < -0.39 is 35.8 Å². The van der Waals surface area contributed by atoms with E-state index in [1.807, 2.05) is 30.3 Å². The Bertz CT molecular complexity index is 741. The molecule has 8 nitrogen and oxygen atoms in total. The van der Waals surface area contributed by atoms with Crippen LogP contribution < -0.4 is 21.7 Å². The molecule has 136 valence electrons. The van der Waals surface area contributed by atoms with Gasteiger partial charge in [0, 0.05) is 12.8 Å². The van der Waals surface area contributed by atoms with Gasteiger partial charge in [-0.25, -0.2) is 0 Å². The zero-order valence-corrected chi connectivity index (χ0v) is 14.0. The molecule has 1 fully saturated rings. The van der Waals surface area contributed by atoms with Crippen molar-refractivity contribution in [2.75, 3.05) is 0 Å². The predicted molar refractivity (Wildman–Crippen MR) is 93.2 cm³/mol. The first-order chi connectivity index (χ1) is 12.4. The number of rotatable bonds is 7. The molecule has 1 heterocycles. The van der Waals surface area contributed by atoms with Gasteiger partial charge in [-0.15, -0.1) is 12.3 Å². The Morgan fingerprint density at radius 2 is 1.77 bits per heavy atom. The van der Waals surface area contributed by atoms with E-state index in [-0.39, 0.29) is 18.7 Å². The third-order valence-corrected chi connectivity index (χ3v) is 3.94. The first kappa shape index (κ1) is 19.0. The maximum atomic E-state index is 12.2. The Labute approximate surface area is 150 Å². The van der Waals surface area contributed by atoms with E-state index in [9.17, 15) is 19.2 Å². The largest absolute Gasteiger partial charge is 0.368 e. The summed E-state index contributed by atoms with van der Waals surface area (Å²) in [6.45, 7) is 0. The summed E-state index contributed by atoms with van der Waals surface area (Å²) in [6, 6.07) is 6.52. The molecule has 2 rings (SSSR count). The zero-order valence-electron chi connectivity index (χ0n) is 14.0. The molecule has 0 spiro atoms. The summed E-state index contributed by atoms with van der Waals surface area (Å²) < 4.78 is 0. The monoisotopic (exact) mass is 356 g/mol. The summed E-state index contributed by atoms with van der Waals surface area (Å²) in [5.41, 5.74) is 6.05. The summed E-state index contributed by atoms with van der Waals surface area (Å²) in [5.74, 6) is 0.0272. The number of amides is 4. The van der Waals surface area contributed by atoms with Crippen LogP contribution in [0.15, 0.2) is 30.3 Å². The number of hydrogen-bond acceptors (Lipinski definition) is 4. The van der Waals surface area contributed by atoms with Gasteiger partial charge in [0.1, 0.15) is 18.1 Å². The van der Waals surface area contributed by atoms with E-state index in [1.54, 1.807) is 0 Å². The third-order valence-electron chi connectivity index (χ3n) is 3.94. The fourth-order valence-corrected chi connectivity index (χ4v) is 2.59. The Kier molecular flexibility index (Phi) is 6.33. The fourth-order valence-electron chi connectivity index (χ4n) is 2.59. The Morgan fingerprint density at radius 3 is 2.38 bits per heavy atom. The molecule has 5 N–H and O–H groups in total. The van der Waals surface area contributed by atoms with Gasteiger partial charge in [0.15, 0.2) is 0 Å². The molecule has 0 radical (unpaired) electrons. The number of carbonyl (C=O) groups excluding carboxylic acids is 4. The summed E-state index contributed by atoms with van der Waals surface area (Å²) in [5, 5.41) is 7.51. The van der Waals surface area contributed by atoms with Gasteiger partial charge in [0.25, 0.3) is 0 Å². The third kappa shape index (κ3) is 5.08. The van der Waals surface area contributed by atoms with Gasteiger partial charge >= 0.3 is 0 Å². The average molecular weight is 356 g/mol. The number of piperazine rings is 1. The standard InChI is InChI=1S/C18H20N4O4/c1-2-6-12(16(19)24)20-15(23)10-14-18(26)21-13(17(25)22-14)9-11-7-4-3-5-8-11/h1,3-5,7-8,12-14H,6,9-10H2,(H2,19,24)(H,20,23)(H,21,26)(H,22,25)/t12-,13-,14-/m0/s1. The molecule has 1 aromatic carbocycles. The van der Waals surface area contributed by atoms with Crippen molar-refractivity contribution in [3.05, 3.63) is 35.9 Å². The highest BCUT2D eigenvalue weighted by molar-refractivity contribution is 5.99. The van der Waals surface area contributed by atoms with Crippen LogP contribution in [-0.2, 0) is 25.6 Å². The van der Waals surface area contributed by atoms with Crippen molar-refractivity contribution in [3.8, 4) is 12.3 Å². The van der Waals surface area contributed by atoms with Crippen LogP contribution in [0.1, 0.15) is 18.4 Å². The summed E-state index contributed by atoms with van der Waals surface area (Å²) in [4.78, 5) is 47.6. The molecule has 0 bridgehead atoms. The number of nitrogens with two attached hydrogens (primary N) is 1. The highest BCUT2D eigenvalue weighted by Gasteiger charge is 2.35. The second kappa shape index (κ2) is 8.67. The molecule has 0 unspecified atom stereocenters. The highest BCUT2D eigenvalue weighted by atomic mass is 16.2. The van der Waals surface area contributed by atoms with E-state index in [0.29, 0.717) is 6.42 Å². The molecule has 3 atom stereocenters. The average Bonchev–Trinajstić information content (AvgIpc) is 2.59. The van der Waals surface area contributed by atoms with Crippen molar-refractivity contribution in [1.29, 1.82) is 0 Å². The van der Waals surface area contributed by atoms with Crippen LogP contribution in [0.2, 0.25) is 0 Å². The van der Waals surface area contributed by atoms with Gasteiger partial charge in [0.2, 0.25) is 23.6 Å². The van der Waals surface area contributed by atoms with Gasteiger partial charge < -0.3 is 21.7 Å². The lowest BCUT2D eigenvalue weighted by Crippen LogP contribution is -2.63. The van der Waals surface area contributed by atoms with Crippen molar-refractivity contribution in [2.45, 2.75) is 37.4 Å². The smallest absolute Gasteiger partial charge is 0.243 e. The van der Waals surface area contributed by atoms with Crippen LogP contribution in [0.5, 0.6) is 0 Å². The predicted octanol–water partition coefficient (Wildman–Crippen LogP) is -1.40. The van der Waals surface area contributed by atoms with Crippen LogP contribution in [0.4, 0.5) is 0 Å². The first-order valence-corrected chi connectivity index (χ1v) is 8.07. The number of carbonyl (C=O) groups is 4. The van der Waals surface area contributed by atoms with Crippen LogP contribution in [0.25, 0.3) is 0 Å². The molecule has 0 aliphatic carbocycles. The number of primary amides is 1. The van der Waals surface area contributed by atoms with E-state index in [2.05, 4.69) is 21.9 Å². The molecule has 8 heteroatoms. The number of nitrogens with one attached hydrogen (secondary N) is 3. The van der Waals surface area contributed by atoms with E-state index >= 15 is 0 Å². The molecule has 26 heavy (non-hydrogen) atoms. The molecule has 4 amide bonds. The van der Waals surface area contributed by atoms with Gasteiger partial charge in [-0.3, -0.25) is 19.2 Å². The maximum absolute atomic E-state index is 12.2. The van der Waals surface area contributed by atoms with Gasteiger partial charge in [0.05, 0.1) is 6.42 Å². The molecule has 1 aliphatic rings. The first-order valence-electron chi connectivity index (χ1n) is 8.07. The van der Waals surface area contributed by atoms with Crippen molar-refractivity contribution in [3.63, 3.8) is 0 Å². The summed E-state index contributed by atoms with van der Waals surface area (Å²) in [6.07, 6.45) is 5.10. The van der Waals surface area contributed by atoms with Gasteiger partial charge in [-0.2, -0.15) is 0 Å². The van der Waals surface area contributed by atoms with Crippen molar-refractivity contribution in [2.24, 2.45) is 5.73 Å². The molecule has 1 aromatic rings. The van der Waals surface area contributed by atoms with Crippen molar-refractivity contribution >= 4 is 23.6 Å². The molecule has 1 saturated heterocycles. The van der Waals surface area contributed by atoms with Crippen LogP contribution in [0.3, 0.4) is 0 Å². The minimum Gasteiger partial charge on any atom is -0.368 e. The molecular weight excluding hydrogens is 336 g/mol. The van der Waals surface area contributed by atoms with Gasteiger partial charge in [-0.05, 0) is 5.56 Å². The lowest BCUT2D eigenvalue weighted by atomic mass is 10.0. The molecule has 0 aromatic heterocycles. The minimum absolute atomic E-state index is 0.0521. The quantitative estimate of drug-likeness (QED) is 0.447. The van der Waals surface area contributed by atoms with Crippen molar-refractivity contribution < 1.29 is 19.2 Å². The zero-order chi connectivity index (χ0) is 19.1. The summed E-state index contributed by atoms with van der Waals surface area (Å²) in [7, 11) is 0. The molecule has 0 saturated carbocycles. The minimum atomic E-state index is -1.02. The highest BCUT2D eigenvalue weighted by Crippen LogP contribution is 2.08. The van der Waals surface area contributed by atoms with Crippen LogP contribution in [0, 0.1) is 12.3 Å². The van der Waals surface area contributed by atoms with Crippen LogP contribution in [-0.4, -0.2) is 41.8 Å². The lowest BCUT2D eigenvalue weighted by Gasteiger charge is -2.29. The van der Waals surface area contributed by atoms with Crippen LogP contribution >= 0.6 is 0 Å². The Morgan fingerprint density at radius 1 is 1.15 bits per heavy atom. The number of terminal acetylenes is 1. The van der Waals surface area contributed by atoms with E-state index in [0.717, 1.165) is 5.56 Å². The fraction of sp³-hybridized carbons (Fsp3) is 0.333. The SMILES string of the molecule is C#CC[C@H](NC(=O)C[C@@H]1NC(=O)[C@H](Cc2ccccc2)NC1=O)C(N)=O. The van der Waals surface area contributed by atoms with E-state index in [1.165, 1.54) is 0 Å². The van der Waals surface area contributed by atoms with E-state index in [4.69, 9.17) is 12.2 Å². The Hall–Kier alpha value is -3.34. The summed E-state index contributed by atoms with van der Waals surface area (Å²) >= 11 is 0. The van der Waals surface area contributed by atoms with Gasteiger partial charge in [-0.1, -0.05) is 30.3 Å². The number of benzene rings is 1. The lowest BCUT2D eigenvalue weighted by molar-refractivity contribution is -0.138. The topological polar surface area (TPSA) is 130 Å². The van der Waals surface area contributed by atoms with Crippen molar-refractivity contribution in [1.82, 2.24) is 16.0 Å². The second-order valence-electron chi connectivity index (χ2n) is 5.95.